The van der Waals surface area contributed by atoms with E-state index in [1.807, 2.05) is 11.8 Å². The third-order valence-corrected chi connectivity index (χ3v) is 11.6. The number of rotatable bonds is 5. The quantitative estimate of drug-likeness (QED) is 0.794. The molecular formula is C22H31NOSSi. The summed E-state index contributed by atoms with van der Waals surface area (Å²) >= 11 is 2.05. The van der Waals surface area contributed by atoms with Crippen molar-refractivity contribution < 1.29 is 4.43 Å². The van der Waals surface area contributed by atoms with Gasteiger partial charge >= 0.3 is 0 Å². The average Bonchev–Trinajstić information content (AvgIpc) is 2.64. The fourth-order valence-electron chi connectivity index (χ4n) is 3.82. The first-order chi connectivity index (χ1) is 12.4. The summed E-state index contributed by atoms with van der Waals surface area (Å²) in [6.07, 6.45) is 0. The molecule has 0 saturated carbocycles. The van der Waals surface area contributed by atoms with Gasteiger partial charge in [-0.05, 0) is 22.3 Å². The Kier molecular flexibility index (Phi) is 6.28. The van der Waals surface area contributed by atoms with Crippen LogP contribution in [0, 0.1) is 0 Å². The van der Waals surface area contributed by atoms with Crippen molar-refractivity contribution in [3.05, 3.63) is 60.7 Å². The van der Waals surface area contributed by atoms with Gasteiger partial charge in [0.25, 0.3) is 8.32 Å². The van der Waals surface area contributed by atoms with Gasteiger partial charge in [0.1, 0.15) is 0 Å². The van der Waals surface area contributed by atoms with Crippen molar-refractivity contribution in [2.75, 3.05) is 18.9 Å². The smallest absolute Gasteiger partial charge is 0.261 e. The second kappa shape index (κ2) is 8.30. The molecule has 4 heteroatoms. The molecule has 140 valence electrons. The van der Waals surface area contributed by atoms with Crippen molar-refractivity contribution in [1.82, 2.24) is 5.32 Å². The molecular weight excluding hydrogens is 354 g/mol. The van der Waals surface area contributed by atoms with Crippen LogP contribution in [-0.4, -0.2) is 38.5 Å². The van der Waals surface area contributed by atoms with E-state index in [4.69, 9.17) is 4.43 Å². The molecule has 1 N–H and O–H groups in total. The molecule has 0 amide bonds. The summed E-state index contributed by atoms with van der Waals surface area (Å²) in [7, 11) is -2.39. The lowest BCUT2D eigenvalue weighted by atomic mass is 10.2. The van der Waals surface area contributed by atoms with Crippen molar-refractivity contribution in [3.63, 3.8) is 0 Å². The maximum absolute atomic E-state index is 7.02. The molecule has 1 aliphatic heterocycles. The molecule has 2 aromatic rings. The average molecular weight is 386 g/mol. The van der Waals surface area contributed by atoms with Gasteiger partial charge < -0.3 is 9.74 Å². The Hall–Kier alpha value is -1.07. The molecule has 0 radical (unpaired) electrons. The number of hydrogen-bond donors (Lipinski definition) is 1. The summed E-state index contributed by atoms with van der Waals surface area (Å²) in [5.41, 5.74) is 0. The third-order valence-electron chi connectivity index (χ3n) is 5.18. The SMILES string of the molecule is C[C@@H]1CS[C@@H](CO[Si](c2ccccc2)(c2ccccc2)C(C)(C)C)CN1. The Morgan fingerprint density at radius 3 is 1.96 bits per heavy atom. The van der Waals surface area contributed by atoms with Gasteiger partial charge in [-0.25, -0.2) is 0 Å². The Morgan fingerprint density at radius 2 is 1.54 bits per heavy atom. The second-order valence-corrected chi connectivity index (χ2v) is 13.9. The van der Waals surface area contributed by atoms with Crippen LogP contribution in [0.15, 0.2) is 60.7 Å². The first-order valence-corrected chi connectivity index (χ1v) is 12.5. The van der Waals surface area contributed by atoms with Gasteiger partial charge in [0.05, 0.1) is 0 Å². The highest BCUT2D eigenvalue weighted by molar-refractivity contribution is 8.00. The van der Waals surface area contributed by atoms with Gasteiger partial charge in [-0.1, -0.05) is 81.4 Å². The normalized spacial score (nSPS) is 21.5. The standard InChI is InChI=1S/C22H31NOSSi/c1-18-17-25-19(15-23-18)16-24-26(22(2,3)4,20-11-7-5-8-12-20)21-13-9-6-10-14-21/h5-14,18-19,23H,15-17H2,1-4H3/t18-,19-/m1/s1. The molecule has 2 atom stereocenters. The van der Waals surface area contributed by atoms with Crippen LogP contribution >= 0.6 is 11.8 Å². The van der Waals surface area contributed by atoms with Gasteiger partial charge in [0.2, 0.25) is 0 Å². The summed E-state index contributed by atoms with van der Waals surface area (Å²) < 4.78 is 7.02. The van der Waals surface area contributed by atoms with Crippen LogP contribution in [0.2, 0.25) is 5.04 Å². The molecule has 1 saturated heterocycles. The van der Waals surface area contributed by atoms with E-state index in [0.29, 0.717) is 11.3 Å². The highest BCUT2D eigenvalue weighted by Crippen LogP contribution is 2.37. The predicted octanol–water partition coefficient (Wildman–Crippen LogP) is 3.66. The molecule has 1 aliphatic rings. The van der Waals surface area contributed by atoms with E-state index >= 15 is 0 Å². The number of benzene rings is 2. The Morgan fingerprint density at radius 1 is 1.00 bits per heavy atom. The molecule has 26 heavy (non-hydrogen) atoms. The minimum absolute atomic E-state index is 0.0513. The summed E-state index contributed by atoms with van der Waals surface area (Å²) in [5, 5.41) is 6.90. The maximum Gasteiger partial charge on any atom is 0.261 e. The summed E-state index contributed by atoms with van der Waals surface area (Å²) in [6.45, 7) is 11.1. The monoisotopic (exact) mass is 385 g/mol. The lowest BCUT2D eigenvalue weighted by molar-refractivity contribution is 0.291. The van der Waals surface area contributed by atoms with E-state index in [-0.39, 0.29) is 5.04 Å². The van der Waals surface area contributed by atoms with Gasteiger partial charge in [-0.15, -0.1) is 0 Å². The zero-order valence-electron chi connectivity index (χ0n) is 16.4. The molecule has 2 aromatic carbocycles. The van der Waals surface area contributed by atoms with E-state index < -0.39 is 8.32 Å². The molecule has 3 rings (SSSR count). The number of thioether (sulfide) groups is 1. The second-order valence-electron chi connectivity index (χ2n) is 8.24. The first-order valence-electron chi connectivity index (χ1n) is 9.53. The summed E-state index contributed by atoms with van der Waals surface area (Å²) in [4.78, 5) is 0. The van der Waals surface area contributed by atoms with Crippen LogP contribution < -0.4 is 15.7 Å². The first kappa shape index (κ1) is 19.7. The molecule has 0 spiro atoms. The Bertz CT molecular complexity index is 639. The minimum Gasteiger partial charge on any atom is -0.406 e. The van der Waals surface area contributed by atoms with E-state index in [2.05, 4.69) is 93.7 Å². The van der Waals surface area contributed by atoms with Crippen molar-refractivity contribution in [3.8, 4) is 0 Å². The fourth-order valence-corrected chi connectivity index (χ4v) is 9.60. The van der Waals surface area contributed by atoms with Crippen molar-refractivity contribution >= 4 is 30.5 Å². The zero-order valence-corrected chi connectivity index (χ0v) is 18.2. The third kappa shape index (κ3) is 4.09. The molecule has 0 aliphatic carbocycles. The molecule has 0 aromatic heterocycles. The largest absolute Gasteiger partial charge is 0.406 e. The van der Waals surface area contributed by atoms with E-state index in [1.165, 1.54) is 10.4 Å². The van der Waals surface area contributed by atoms with E-state index in [1.54, 1.807) is 0 Å². The molecule has 0 unspecified atom stereocenters. The van der Waals surface area contributed by atoms with Gasteiger partial charge in [-0.2, -0.15) is 11.8 Å². The highest BCUT2D eigenvalue weighted by atomic mass is 32.2. The van der Waals surface area contributed by atoms with Crippen LogP contribution in [-0.2, 0) is 4.43 Å². The lowest BCUT2D eigenvalue weighted by Crippen LogP contribution is -2.67. The number of nitrogens with one attached hydrogen (secondary N) is 1. The minimum atomic E-state index is -2.39. The van der Waals surface area contributed by atoms with Crippen LogP contribution in [0.3, 0.4) is 0 Å². The molecule has 1 heterocycles. The van der Waals surface area contributed by atoms with Crippen LogP contribution in [0.25, 0.3) is 0 Å². The molecule has 2 nitrogen and oxygen atoms in total. The van der Waals surface area contributed by atoms with E-state index in [9.17, 15) is 0 Å². The number of hydrogen-bond acceptors (Lipinski definition) is 3. The Balaban J connectivity index is 1.97. The molecule has 1 fully saturated rings. The van der Waals surface area contributed by atoms with Crippen molar-refractivity contribution in [1.29, 1.82) is 0 Å². The summed E-state index contributed by atoms with van der Waals surface area (Å²) in [6, 6.07) is 22.4. The van der Waals surface area contributed by atoms with Crippen molar-refractivity contribution in [2.24, 2.45) is 0 Å². The van der Waals surface area contributed by atoms with Gasteiger partial charge in [0.15, 0.2) is 0 Å². The zero-order chi connectivity index (χ0) is 18.6. The molecule has 0 bridgehead atoms. The highest BCUT2D eigenvalue weighted by Gasteiger charge is 2.50. The van der Waals surface area contributed by atoms with Crippen LogP contribution in [0.1, 0.15) is 27.7 Å². The topological polar surface area (TPSA) is 21.3 Å². The fraction of sp³-hybridized carbons (Fsp3) is 0.455. The van der Waals surface area contributed by atoms with Crippen molar-refractivity contribution in [2.45, 2.75) is 44.0 Å². The lowest BCUT2D eigenvalue weighted by Gasteiger charge is -2.44. The van der Waals surface area contributed by atoms with Gasteiger partial charge in [0, 0.05) is 30.2 Å². The maximum atomic E-state index is 7.02. The summed E-state index contributed by atoms with van der Waals surface area (Å²) in [5.74, 6) is 1.16. The van der Waals surface area contributed by atoms with Crippen LogP contribution in [0.5, 0.6) is 0 Å². The van der Waals surface area contributed by atoms with Gasteiger partial charge in [-0.3, -0.25) is 0 Å². The Labute approximate surface area is 163 Å². The predicted molar refractivity (Wildman–Crippen MR) is 117 cm³/mol. The van der Waals surface area contributed by atoms with E-state index in [0.717, 1.165) is 18.9 Å². The van der Waals surface area contributed by atoms with Crippen LogP contribution in [0.4, 0.5) is 0 Å².